The van der Waals surface area contributed by atoms with Crippen molar-refractivity contribution in [3.05, 3.63) is 53.2 Å². The molecule has 94 valence electrons. The third kappa shape index (κ3) is 2.59. The average molecular weight is 260 g/mol. The van der Waals surface area contributed by atoms with E-state index in [0.29, 0.717) is 16.5 Å². The lowest BCUT2D eigenvalue weighted by Crippen LogP contribution is -2.05. The van der Waals surface area contributed by atoms with Gasteiger partial charge < -0.3 is 5.73 Å². The third-order valence-electron chi connectivity index (χ3n) is 2.94. The Hall–Kier alpha value is -1.68. The third-order valence-corrected chi connectivity index (χ3v) is 4.26. The van der Waals surface area contributed by atoms with Crippen LogP contribution in [0.1, 0.15) is 16.7 Å². The molecule has 0 saturated carbocycles. The molecule has 0 bridgehead atoms. The fourth-order valence-corrected chi connectivity index (χ4v) is 3.23. The number of benzene rings is 1. The van der Waals surface area contributed by atoms with Crippen LogP contribution in [0.5, 0.6) is 0 Å². The van der Waals surface area contributed by atoms with E-state index in [2.05, 4.69) is 4.98 Å². The standard InChI is InChI=1S/C14H16N2OS/c1-10-5-3-6-11(2)12(10)9-18(17)14-13(15)7-4-8-16-14/h3-8H,9,15H2,1-2H3. The summed E-state index contributed by atoms with van der Waals surface area (Å²) in [7, 11) is -1.20. The van der Waals surface area contributed by atoms with Crippen molar-refractivity contribution in [2.24, 2.45) is 0 Å². The minimum Gasteiger partial charge on any atom is -0.396 e. The predicted octanol–water partition coefficient (Wildman–Crippen LogP) is 2.59. The van der Waals surface area contributed by atoms with E-state index >= 15 is 0 Å². The van der Waals surface area contributed by atoms with E-state index in [1.807, 2.05) is 32.0 Å². The highest BCUT2D eigenvalue weighted by atomic mass is 32.2. The molecule has 1 aromatic heterocycles. The molecule has 0 fully saturated rings. The molecule has 0 radical (unpaired) electrons. The van der Waals surface area contributed by atoms with Crippen LogP contribution in [0.3, 0.4) is 0 Å². The van der Waals surface area contributed by atoms with E-state index in [0.717, 1.165) is 16.7 Å². The molecular weight excluding hydrogens is 244 g/mol. The van der Waals surface area contributed by atoms with Crippen LogP contribution in [0.4, 0.5) is 5.69 Å². The average Bonchev–Trinajstić information content (AvgIpc) is 2.34. The number of rotatable bonds is 3. The van der Waals surface area contributed by atoms with Gasteiger partial charge >= 0.3 is 0 Å². The number of pyridine rings is 1. The van der Waals surface area contributed by atoms with Crippen molar-refractivity contribution in [3.8, 4) is 0 Å². The largest absolute Gasteiger partial charge is 0.396 e. The Labute approximate surface area is 110 Å². The summed E-state index contributed by atoms with van der Waals surface area (Å²) in [4.78, 5) is 4.11. The predicted molar refractivity (Wildman–Crippen MR) is 74.7 cm³/mol. The smallest absolute Gasteiger partial charge is 0.150 e. The second-order valence-electron chi connectivity index (χ2n) is 4.26. The molecule has 0 spiro atoms. The van der Waals surface area contributed by atoms with Gasteiger partial charge in [-0.25, -0.2) is 4.98 Å². The van der Waals surface area contributed by atoms with Crippen LogP contribution in [0.2, 0.25) is 0 Å². The van der Waals surface area contributed by atoms with Crippen molar-refractivity contribution in [1.82, 2.24) is 4.98 Å². The zero-order valence-corrected chi connectivity index (χ0v) is 11.3. The Morgan fingerprint density at radius 2 is 1.83 bits per heavy atom. The molecule has 4 heteroatoms. The maximum absolute atomic E-state index is 12.3. The van der Waals surface area contributed by atoms with Gasteiger partial charge in [0.1, 0.15) is 5.03 Å². The molecule has 3 nitrogen and oxygen atoms in total. The summed E-state index contributed by atoms with van der Waals surface area (Å²) in [6.45, 7) is 4.06. The van der Waals surface area contributed by atoms with Crippen molar-refractivity contribution < 1.29 is 4.21 Å². The molecule has 0 saturated heterocycles. The van der Waals surface area contributed by atoms with Gasteiger partial charge in [0.25, 0.3) is 0 Å². The molecule has 0 aliphatic carbocycles. The first kappa shape index (κ1) is 12.8. The topological polar surface area (TPSA) is 56.0 Å². The second-order valence-corrected chi connectivity index (χ2v) is 5.62. The summed E-state index contributed by atoms with van der Waals surface area (Å²) < 4.78 is 12.3. The zero-order valence-electron chi connectivity index (χ0n) is 10.5. The number of anilines is 1. The normalized spacial score (nSPS) is 12.3. The van der Waals surface area contributed by atoms with Gasteiger partial charge in [-0.05, 0) is 42.7 Å². The van der Waals surface area contributed by atoms with Gasteiger partial charge in [-0.3, -0.25) is 4.21 Å². The quantitative estimate of drug-likeness (QED) is 0.922. The fraction of sp³-hybridized carbons (Fsp3) is 0.214. The van der Waals surface area contributed by atoms with Gasteiger partial charge in [0.05, 0.1) is 22.2 Å². The lowest BCUT2D eigenvalue weighted by molar-refractivity contribution is 0.680. The van der Waals surface area contributed by atoms with Crippen LogP contribution in [-0.2, 0) is 16.6 Å². The van der Waals surface area contributed by atoms with Crippen molar-refractivity contribution in [2.75, 3.05) is 5.73 Å². The van der Waals surface area contributed by atoms with E-state index in [-0.39, 0.29) is 0 Å². The van der Waals surface area contributed by atoms with E-state index < -0.39 is 10.8 Å². The van der Waals surface area contributed by atoms with Crippen LogP contribution in [0.15, 0.2) is 41.6 Å². The first-order valence-electron chi connectivity index (χ1n) is 5.73. The fourth-order valence-electron chi connectivity index (χ4n) is 1.87. The molecule has 1 atom stereocenters. The monoisotopic (exact) mass is 260 g/mol. The summed E-state index contributed by atoms with van der Waals surface area (Å²) in [5.74, 6) is 0.458. The van der Waals surface area contributed by atoms with Crippen molar-refractivity contribution >= 4 is 16.5 Å². The Bertz CT molecular complexity index is 576. The number of nitrogens with zero attached hydrogens (tertiary/aromatic N) is 1. The SMILES string of the molecule is Cc1cccc(C)c1CS(=O)c1ncccc1N. The molecule has 2 N–H and O–H groups in total. The van der Waals surface area contributed by atoms with E-state index in [1.165, 1.54) is 0 Å². The number of hydrogen-bond donors (Lipinski definition) is 1. The Morgan fingerprint density at radius 3 is 2.44 bits per heavy atom. The van der Waals surface area contributed by atoms with Crippen LogP contribution >= 0.6 is 0 Å². The van der Waals surface area contributed by atoms with Crippen molar-refractivity contribution in [2.45, 2.75) is 24.6 Å². The lowest BCUT2D eigenvalue weighted by Gasteiger charge is -2.10. The van der Waals surface area contributed by atoms with E-state index in [9.17, 15) is 4.21 Å². The Morgan fingerprint density at radius 1 is 1.17 bits per heavy atom. The molecule has 0 amide bonds. The summed E-state index contributed by atoms with van der Waals surface area (Å²) in [6, 6.07) is 9.54. The van der Waals surface area contributed by atoms with Gasteiger partial charge in [-0.2, -0.15) is 0 Å². The number of hydrogen-bond acceptors (Lipinski definition) is 3. The molecular formula is C14H16N2OS. The number of nitrogens with two attached hydrogens (primary N) is 1. The minimum absolute atomic E-state index is 0.458. The summed E-state index contributed by atoms with van der Waals surface area (Å²) in [5.41, 5.74) is 9.70. The Kier molecular flexibility index (Phi) is 3.77. The van der Waals surface area contributed by atoms with Gasteiger partial charge in [0.2, 0.25) is 0 Å². The highest BCUT2D eigenvalue weighted by Gasteiger charge is 2.12. The van der Waals surface area contributed by atoms with Gasteiger partial charge in [0.15, 0.2) is 0 Å². The Balaban J connectivity index is 2.30. The van der Waals surface area contributed by atoms with Crippen LogP contribution in [0, 0.1) is 13.8 Å². The molecule has 1 aromatic carbocycles. The maximum Gasteiger partial charge on any atom is 0.150 e. The van der Waals surface area contributed by atoms with E-state index in [1.54, 1.807) is 18.3 Å². The van der Waals surface area contributed by atoms with Crippen molar-refractivity contribution in [3.63, 3.8) is 0 Å². The van der Waals surface area contributed by atoms with E-state index in [4.69, 9.17) is 5.73 Å². The van der Waals surface area contributed by atoms with Crippen molar-refractivity contribution in [1.29, 1.82) is 0 Å². The highest BCUT2D eigenvalue weighted by molar-refractivity contribution is 7.84. The number of nitrogen functional groups attached to an aromatic ring is 1. The number of aromatic nitrogens is 1. The minimum atomic E-state index is -1.20. The molecule has 0 aliphatic heterocycles. The number of aryl methyl sites for hydroxylation is 2. The molecule has 2 rings (SSSR count). The maximum atomic E-state index is 12.3. The molecule has 2 aromatic rings. The van der Waals surface area contributed by atoms with Crippen LogP contribution in [-0.4, -0.2) is 9.19 Å². The molecule has 18 heavy (non-hydrogen) atoms. The molecule has 1 unspecified atom stereocenters. The summed E-state index contributed by atoms with van der Waals surface area (Å²) in [5, 5.41) is 0.472. The molecule has 1 heterocycles. The lowest BCUT2D eigenvalue weighted by atomic mass is 10.1. The first-order chi connectivity index (χ1) is 8.59. The summed E-state index contributed by atoms with van der Waals surface area (Å²) >= 11 is 0. The highest BCUT2D eigenvalue weighted by Crippen LogP contribution is 2.20. The first-order valence-corrected chi connectivity index (χ1v) is 7.05. The van der Waals surface area contributed by atoms with Crippen LogP contribution in [0.25, 0.3) is 0 Å². The van der Waals surface area contributed by atoms with Crippen LogP contribution < -0.4 is 5.73 Å². The zero-order chi connectivity index (χ0) is 13.1. The van der Waals surface area contributed by atoms with Gasteiger partial charge in [-0.1, -0.05) is 18.2 Å². The van der Waals surface area contributed by atoms with Gasteiger partial charge in [0, 0.05) is 6.20 Å². The second kappa shape index (κ2) is 5.31. The van der Waals surface area contributed by atoms with Gasteiger partial charge in [-0.15, -0.1) is 0 Å². The summed E-state index contributed by atoms with van der Waals surface area (Å²) in [6.07, 6.45) is 1.62. The molecule has 0 aliphatic rings.